The SMILES string of the molecule is O=C(O)C1=CC(O)NCN1. The van der Waals surface area contributed by atoms with E-state index >= 15 is 0 Å². The van der Waals surface area contributed by atoms with Crippen LogP contribution in [-0.2, 0) is 4.79 Å². The molecule has 1 atom stereocenters. The molecule has 0 saturated heterocycles. The Morgan fingerprint density at radius 2 is 2.50 bits per heavy atom. The maximum atomic E-state index is 10.2. The molecule has 1 aliphatic heterocycles. The zero-order chi connectivity index (χ0) is 7.56. The van der Waals surface area contributed by atoms with Crippen LogP contribution in [-0.4, -0.2) is 29.1 Å². The van der Waals surface area contributed by atoms with Crippen molar-refractivity contribution in [2.75, 3.05) is 6.67 Å². The third-order valence-corrected chi connectivity index (χ3v) is 1.14. The van der Waals surface area contributed by atoms with Crippen LogP contribution in [0, 0.1) is 0 Å². The summed E-state index contributed by atoms with van der Waals surface area (Å²) in [6.07, 6.45) is 0.346. The van der Waals surface area contributed by atoms with Gasteiger partial charge in [0, 0.05) is 0 Å². The van der Waals surface area contributed by atoms with Crippen LogP contribution in [0.15, 0.2) is 11.8 Å². The minimum atomic E-state index is -1.06. The van der Waals surface area contributed by atoms with Gasteiger partial charge in [-0.25, -0.2) is 4.79 Å². The average Bonchev–Trinajstić information content (AvgIpc) is 1.88. The standard InChI is InChI=1S/C5H8N2O3/c8-4-1-3(5(9)10)6-2-7-4/h1,4,6-8H,2H2,(H,9,10). The predicted molar refractivity (Wildman–Crippen MR) is 32.9 cm³/mol. The van der Waals surface area contributed by atoms with E-state index in [-0.39, 0.29) is 12.4 Å². The minimum Gasteiger partial charge on any atom is -0.477 e. The number of aliphatic carboxylic acids is 1. The third-order valence-electron chi connectivity index (χ3n) is 1.14. The predicted octanol–water partition coefficient (Wildman–Crippen LogP) is -1.58. The zero-order valence-corrected chi connectivity index (χ0v) is 5.16. The van der Waals surface area contributed by atoms with Crippen LogP contribution >= 0.6 is 0 Å². The topological polar surface area (TPSA) is 81.6 Å². The van der Waals surface area contributed by atoms with E-state index in [0.717, 1.165) is 0 Å². The van der Waals surface area contributed by atoms with Gasteiger partial charge in [0.1, 0.15) is 11.9 Å². The Bertz CT molecular complexity index is 178. The summed E-state index contributed by atoms with van der Waals surface area (Å²) in [5.41, 5.74) is 0.0336. The van der Waals surface area contributed by atoms with E-state index in [2.05, 4.69) is 10.6 Å². The lowest BCUT2D eigenvalue weighted by atomic mass is 10.3. The van der Waals surface area contributed by atoms with Crippen LogP contribution in [0.3, 0.4) is 0 Å². The van der Waals surface area contributed by atoms with Crippen molar-refractivity contribution in [3.05, 3.63) is 11.8 Å². The first-order valence-electron chi connectivity index (χ1n) is 2.80. The molecule has 0 saturated carbocycles. The fourth-order valence-electron chi connectivity index (χ4n) is 0.673. The van der Waals surface area contributed by atoms with E-state index in [1.807, 2.05) is 0 Å². The van der Waals surface area contributed by atoms with Crippen molar-refractivity contribution in [1.29, 1.82) is 0 Å². The average molecular weight is 144 g/mol. The van der Waals surface area contributed by atoms with Crippen LogP contribution < -0.4 is 10.6 Å². The quantitative estimate of drug-likeness (QED) is 0.357. The normalized spacial score (nSPS) is 24.9. The van der Waals surface area contributed by atoms with Gasteiger partial charge in [0.15, 0.2) is 0 Å². The molecule has 0 fully saturated rings. The molecule has 1 rings (SSSR count). The van der Waals surface area contributed by atoms with Gasteiger partial charge in [-0.2, -0.15) is 0 Å². The highest BCUT2D eigenvalue weighted by Crippen LogP contribution is 1.95. The molecule has 0 aromatic rings. The lowest BCUT2D eigenvalue weighted by Gasteiger charge is -2.17. The molecule has 0 spiro atoms. The second kappa shape index (κ2) is 2.68. The van der Waals surface area contributed by atoms with Gasteiger partial charge in [-0.3, -0.25) is 5.32 Å². The molecule has 0 aliphatic carbocycles. The van der Waals surface area contributed by atoms with Crippen molar-refractivity contribution in [3.8, 4) is 0 Å². The summed E-state index contributed by atoms with van der Waals surface area (Å²) in [4.78, 5) is 10.2. The van der Waals surface area contributed by atoms with Gasteiger partial charge in [-0.1, -0.05) is 0 Å². The van der Waals surface area contributed by atoms with Crippen molar-refractivity contribution in [1.82, 2.24) is 10.6 Å². The molecule has 1 heterocycles. The van der Waals surface area contributed by atoms with Gasteiger partial charge >= 0.3 is 5.97 Å². The number of aliphatic hydroxyl groups is 1. The Morgan fingerprint density at radius 1 is 1.80 bits per heavy atom. The summed E-state index contributed by atoms with van der Waals surface area (Å²) < 4.78 is 0. The lowest BCUT2D eigenvalue weighted by Crippen LogP contribution is -2.42. The molecule has 4 N–H and O–H groups in total. The van der Waals surface area contributed by atoms with Gasteiger partial charge in [0.05, 0.1) is 6.67 Å². The van der Waals surface area contributed by atoms with Crippen molar-refractivity contribution in [3.63, 3.8) is 0 Å². The largest absolute Gasteiger partial charge is 0.477 e. The van der Waals surface area contributed by atoms with E-state index < -0.39 is 12.2 Å². The van der Waals surface area contributed by atoms with Crippen molar-refractivity contribution in [2.45, 2.75) is 6.23 Å². The third kappa shape index (κ3) is 1.46. The van der Waals surface area contributed by atoms with Gasteiger partial charge < -0.3 is 15.5 Å². The molecule has 5 heteroatoms. The summed E-state index contributed by atoms with van der Waals surface area (Å²) in [7, 11) is 0. The Kier molecular flexibility index (Phi) is 1.88. The number of carbonyl (C=O) groups is 1. The summed E-state index contributed by atoms with van der Waals surface area (Å²) in [6, 6.07) is 0. The molecule has 0 aromatic heterocycles. The molecule has 0 amide bonds. The van der Waals surface area contributed by atoms with Gasteiger partial charge in [-0.05, 0) is 6.08 Å². The lowest BCUT2D eigenvalue weighted by molar-refractivity contribution is -0.133. The number of nitrogens with one attached hydrogen (secondary N) is 2. The summed E-state index contributed by atoms with van der Waals surface area (Å²) in [5, 5.41) is 22.3. The van der Waals surface area contributed by atoms with Gasteiger partial charge in [-0.15, -0.1) is 0 Å². The monoisotopic (exact) mass is 144 g/mol. The first-order chi connectivity index (χ1) is 4.70. The van der Waals surface area contributed by atoms with Crippen molar-refractivity contribution >= 4 is 5.97 Å². The Morgan fingerprint density at radius 3 is 2.90 bits per heavy atom. The maximum Gasteiger partial charge on any atom is 0.351 e. The highest BCUT2D eigenvalue weighted by atomic mass is 16.4. The Labute approximate surface area is 57.4 Å². The van der Waals surface area contributed by atoms with Crippen LogP contribution in [0.5, 0.6) is 0 Å². The van der Waals surface area contributed by atoms with E-state index in [0.29, 0.717) is 0 Å². The molecule has 10 heavy (non-hydrogen) atoms. The summed E-state index contributed by atoms with van der Waals surface area (Å²) >= 11 is 0. The van der Waals surface area contributed by atoms with Crippen LogP contribution in [0.2, 0.25) is 0 Å². The number of carboxylic acid groups (broad SMARTS) is 1. The zero-order valence-electron chi connectivity index (χ0n) is 5.16. The number of carboxylic acids is 1. The fraction of sp³-hybridized carbons (Fsp3) is 0.400. The number of hydrogen-bond donors (Lipinski definition) is 4. The second-order valence-corrected chi connectivity index (χ2v) is 1.89. The number of aliphatic hydroxyl groups excluding tert-OH is 1. The molecule has 5 nitrogen and oxygen atoms in total. The Hall–Kier alpha value is -1.07. The molecule has 56 valence electrons. The molecule has 1 unspecified atom stereocenters. The minimum absolute atomic E-state index is 0.0336. The Balaban J connectivity index is 2.66. The molecule has 0 radical (unpaired) electrons. The van der Waals surface area contributed by atoms with E-state index in [1.165, 1.54) is 6.08 Å². The van der Waals surface area contributed by atoms with Gasteiger partial charge in [0.2, 0.25) is 0 Å². The summed E-state index contributed by atoms with van der Waals surface area (Å²) in [5.74, 6) is -1.06. The maximum absolute atomic E-state index is 10.2. The van der Waals surface area contributed by atoms with Crippen molar-refractivity contribution in [2.24, 2.45) is 0 Å². The second-order valence-electron chi connectivity index (χ2n) is 1.89. The van der Waals surface area contributed by atoms with Crippen LogP contribution in [0.4, 0.5) is 0 Å². The van der Waals surface area contributed by atoms with E-state index in [4.69, 9.17) is 10.2 Å². The molecule has 0 aromatic carbocycles. The highest BCUT2D eigenvalue weighted by molar-refractivity contribution is 5.86. The molecule has 0 bridgehead atoms. The van der Waals surface area contributed by atoms with Crippen LogP contribution in [0.1, 0.15) is 0 Å². The molecular formula is C5H8N2O3. The van der Waals surface area contributed by atoms with Crippen LogP contribution in [0.25, 0.3) is 0 Å². The number of hydrogen-bond acceptors (Lipinski definition) is 4. The first kappa shape index (κ1) is 7.04. The van der Waals surface area contributed by atoms with Crippen molar-refractivity contribution < 1.29 is 15.0 Å². The highest BCUT2D eigenvalue weighted by Gasteiger charge is 2.13. The summed E-state index contributed by atoms with van der Waals surface area (Å²) in [6.45, 7) is 0.277. The number of rotatable bonds is 1. The van der Waals surface area contributed by atoms with E-state index in [9.17, 15) is 4.79 Å². The molecule has 1 aliphatic rings. The molecular weight excluding hydrogens is 136 g/mol. The van der Waals surface area contributed by atoms with E-state index in [1.54, 1.807) is 0 Å². The fourth-order valence-corrected chi connectivity index (χ4v) is 0.673. The van der Waals surface area contributed by atoms with Gasteiger partial charge in [0.25, 0.3) is 0 Å². The first-order valence-corrected chi connectivity index (χ1v) is 2.80. The smallest absolute Gasteiger partial charge is 0.351 e.